The highest BCUT2D eigenvalue weighted by molar-refractivity contribution is 7.89. The van der Waals surface area contributed by atoms with Crippen molar-refractivity contribution in [1.82, 2.24) is 14.5 Å². The number of ether oxygens (including phenoxy) is 4. The molecule has 2 aliphatic rings. The maximum absolute atomic E-state index is 13.1. The number of nitrogens with zero attached hydrogens (tertiary/aromatic N) is 2. The average molecular weight is 444 g/mol. The smallest absolute Gasteiger partial charge is 0.255 e. The third-order valence-corrected chi connectivity index (χ3v) is 7.00. The molecule has 11 heteroatoms. The first kappa shape index (κ1) is 22.8. The number of benzene rings is 1. The Hall–Kier alpha value is -1.92. The molecule has 0 atom stereocenters. The molecule has 0 unspecified atom stereocenters. The van der Waals surface area contributed by atoms with E-state index in [0.717, 1.165) is 13.1 Å². The van der Waals surface area contributed by atoms with Crippen LogP contribution in [0.5, 0.6) is 11.5 Å². The first-order valence-corrected chi connectivity index (χ1v) is 11.3. The Morgan fingerprint density at radius 3 is 2.27 bits per heavy atom. The molecule has 0 saturated carbocycles. The molecule has 0 aliphatic carbocycles. The lowest BCUT2D eigenvalue weighted by molar-refractivity contribution is 0.0383. The number of sulfonamides is 1. The number of carbonyl (C=O) groups excluding carboxylic acids is 1. The molecule has 0 bridgehead atoms. The molecule has 1 aromatic rings. The quantitative estimate of drug-likeness (QED) is 0.588. The van der Waals surface area contributed by atoms with Crippen LogP contribution in [0.1, 0.15) is 10.4 Å². The summed E-state index contributed by atoms with van der Waals surface area (Å²) in [6.07, 6.45) is 0. The fourth-order valence-corrected chi connectivity index (χ4v) is 4.89. The Morgan fingerprint density at radius 2 is 1.67 bits per heavy atom. The molecule has 10 nitrogen and oxygen atoms in total. The van der Waals surface area contributed by atoms with Gasteiger partial charge in [0, 0.05) is 45.3 Å². The zero-order chi connectivity index (χ0) is 21.6. The van der Waals surface area contributed by atoms with Crippen molar-refractivity contribution in [2.45, 2.75) is 4.90 Å². The Labute approximate surface area is 177 Å². The fourth-order valence-electron chi connectivity index (χ4n) is 3.44. The molecule has 2 aliphatic heterocycles. The van der Waals surface area contributed by atoms with Gasteiger partial charge in [-0.3, -0.25) is 9.69 Å². The molecule has 0 spiro atoms. The van der Waals surface area contributed by atoms with Crippen LogP contribution in [-0.4, -0.2) is 103 Å². The fraction of sp³-hybridized carbons (Fsp3) is 0.632. The Morgan fingerprint density at radius 1 is 1.03 bits per heavy atom. The van der Waals surface area contributed by atoms with Crippen molar-refractivity contribution >= 4 is 15.9 Å². The third-order valence-electron chi connectivity index (χ3n) is 5.12. The van der Waals surface area contributed by atoms with Gasteiger partial charge in [0.2, 0.25) is 10.0 Å². The lowest BCUT2D eigenvalue weighted by atomic mass is 10.1. The number of hydrogen-bond acceptors (Lipinski definition) is 8. The summed E-state index contributed by atoms with van der Waals surface area (Å²) in [6, 6.07) is 2.73. The van der Waals surface area contributed by atoms with Crippen LogP contribution in [0.25, 0.3) is 0 Å². The molecule has 2 fully saturated rings. The van der Waals surface area contributed by atoms with Gasteiger partial charge in [-0.25, -0.2) is 8.42 Å². The third kappa shape index (κ3) is 5.22. The van der Waals surface area contributed by atoms with Gasteiger partial charge in [0.1, 0.15) is 0 Å². The van der Waals surface area contributed by atoms with Crippen molar-refractivity contribution in [3.8, 4) is 11.5 Å². The van der Waals surface area contributed by atoms with E-state index in [1.807, 2.05) is 0 Å². The topological polar surface area (TPSA) is 107 Å². The van der Waals surface area contributed by atoms with Crippen LogP contribution >= 0.6 is 0 Å². The molecular weight excluding hydrogens is 414 g/mol. The van der Waals surface area contributed by atoms with Gasteiger partial charge in [-0.15, -0.1) is 0 Å². The summed E-state index contributed by atoms with van der Waals surface area (Å²) in [6.45, 7) is 5.30. The van der Waals surface area contributed by atoms with E-state index in [0.29, 0.717) is 39.5 Å². The number of nitrogens with one attached hydrogen (secondary N) is 1. The number of rotatable bonds is 8. The van der Waals surface area contributed by atoms with Crippen LogP contribution in [0.2, 0.25) is 0 Å². The second kappa shape index (κ2) is 10.4. The molecule has 2 saturated heterocycles. The van der Waals surface area contributed by atoms with Crippen molar-refractivity contribution in [2.75, 3.05) is 79.9 Å². The van der Waals surface area contributed by atoms with Crippen LogP contribution in [0.4, 0.5) is 0 Å². The molecule has 1 aromatic carbocycles. The Kier molecular flexibility index (Phi) is 7.89. The minimum Gasteiger partial charge on any atom is -0.493 e. The summed E-state index contributed by atoms with van der Waals surface area (Å²) in [4.78, 5) is 15.1. The summed E-state index contributed by atoms with van der Waals surface area (Å²) in [5, 5.41) is 2.85. The van der Waals surface area contributed by atoms with E-state index in [-0.39, 0.29) is 35.0 Å². The standard InChI is InChI=1S/C19H29N3O7S/c1-26-17-14-15(30(24,25)22-7-11-29-12-8-22)13-16(18(17)27-2)19(23)20-3-4-21-5-9-28-10-6-21/h13-14H,3-12H2,1-2H3,(H,20,23). The summed E-state index contributed by atoms with van der Waals surface area (Å²) < 4.78 is 48.7. The van der Waals surface area contributed by atoms with Gasteiger partial charge in [0.25, 0.3) is 5.91 Å². The van der Waals surface area contributed by atoms with Crippen LogP contribution in [0.3, 0.4) is 0 Å². The van der Waals surface area contributed by atoms with Gasteiger partial charge < -0.3 is 24.3 Å². The molecule has 1 N–H and O–H groups in total. The van der Waals surface area contributed by atoms with E-state index in [1.54, 1.807) is 0 Å². The summed E-state index contributed by atoms with van der Waals surface area (Å²) in [5.74, 6) is -0.0371. The number of carbonyl (C=O) groups is 1. The highest BCUT2D eigenvalue weighted by Crippen LogP contribution is 2.35. The van der Waals surface area contributed by atoms with Gasteiger partial charge in [-0.1, -0.05) is 0 Å². The molecule has 0 aromatic heterocycles. The van der Waals surface area contributed by atoms with E-state index in [9.17, 15) is 13.2 Å². The van der Waals surface area contributed by atoms with Gasteiger partial charge in [-0.2, -0.15) is 4.31 Å². The zero-order valence-corrected chi connectivity index (χ0v) is 18.2. The number of hydrogen-bond donors (Lipinski definition) is 1. The van der Waals surface area contributed by atoms with E-state index >= 15 is 0 Å². The van der Waals surface area contributed by atoms with Crippen molar-refractivity contribution in [1.29, 1.82) is 0 Å². The molecule has 30 heavy (non-hydrogen) atoms. The Balaban J connectivity index is 1.81. The van der Waals surface area contributed by atoms with Crippen molar-refractivity contribution in [3.05, 3.63) is 17.7 Å². The maximum Gasteiger partial charge on any atom is 0.255 e. The highest BCUT2D eigenvalue weighted by atomic mass is 32.2. The predicted octanol–water partition coefficient (Wildman–Crippen LogP) is -0.213. The largest absolute Gasteiger partial charge is 0.493 e. The number of morpholine rings is 2. The monoisotopic (exact) mass is 443 g/mol. The van der Waals surface area contributed by atoms with E-state index in [2.05, 4.69) is 10.2 Å². The Bertz CT molecular complexity index is 835. The second-order valence-electron chi connectivity index (χ2n) is 6.93. The second-order valence-corrected chi connectivity index (χ2v) is 8.87. The first-order valence-electron chi connectivity index (χ1n) is 9.89. The number of methoxy groups -OCH3 is 2. The molecule has 2 heterocycles. The van der Waals surface area contributed by atoms with Gasteiger partial charge >= 0.3 is 0 Å². The lowest BCUT2D eigenvalue weighted by Gasteiger charge is -2.27. The van der Waals surface area contributed by atoms with Crippen molar-refractivity contribution < 1.29 is 32.2 Å². The van der Waals surface area contributed by atoms with Crippen molar-refractivity contribution in [3.63, 3.8) is 0 Å². The number of amides is 1. The molecular formula is C19H29N3O7S. The highest BCUT2D eigenvalue weighted by Gasteiger charge is 2.30. The van der Waals surface area contributed by atoms with E-state index < -0.39 is 15.9 Å². The zero-order valence-electron chi connectivity index (χ0n) is 17.4. The maximum atomic E-state index is 13.1. The summed E-state index contributed by atoms with van der Waals surface area (Å²) in [7, 11) is -0.977. The summed E-state index contributed by atoms with van der Waals surface area (Å²) in [5.41, 5.74) is 0.116. The van der Waals surface area contributed by atoms with Crippen molar-refractivity contribution in [2.24, 2.45) is 0 Å². The van der Waals surface area contributed by atoms with E-state index in [4.69, 9.17) is 18.9 Å². The molecule has 0 radical (unpaired) electrons. The van der Waals surface area contributed by atoms with Crippen LogP contribution in [-0.2, 0) is 19.5 Å². The normalized spacial score (nSPS) is 18.7. The predicted molar refractivity (Wildman–Crippen MR) is 109 cm³/mol. The molecule has 3 rings (SSSR count). The van der Waals surface area contributed by atoms with E-state index in [1.165, 1.54) is 30.7 Å². The van der Waals surface area contributed by atoms with Gasteiger partial charge in [0.05, 0.1) is 51.1 Å². The van der Waals surface area contributed by atoms with Gasteiger partial charge in [0.15, 0.2) is 11.5 Å². The SMILES string of the molecule is COc1cc(S(=O)(=O)N2CCOCC2)cc(C(=O)NCCN2CCOCC2)c1OC. The minimum atomic E-state index is -3.80. The van der Waals surface area contributed by atoms with Crippen LogP contribution in [0, 0.1) is 0 Å². The lowest BCUT2D eigenvalue weighted by Crippen LogP contribution is -2.41. The molecule has 168 valence electrons. The summed E-state index contributed by atoms with van der Waals surface area (Å²) >= 11 is 0. The first-order chi connectivity index (χ1) is 14.5. The van der Waals surface area contributed by atoms with Crippen LogP contribution < -0.4 is 14.8 Å². The average Bonchev–Trinajstić information content (AvgIpc) is 2.79. The molecule has 1 amide bonds. The van der Waals surface area contributed by atoms with Crippen LogP contribution in [0.15, 0.2) is 17.0 Å². The minimum absolute atomic E-state index is 0.0135. The van der Waals surface area contributed by atoms with Gasteiger partial charge in [-0.05, 0) is 6.07 Å².